The molecule has 1 aromatic rings. The molecule has 0 fully saturated rings. The van der Waals surface area contributed by atoms with E-state index in [0.29, 0.717) is 29.7 Å². The molecule has 1 aromatic carbocycles. The molecular weight excluding hydrogens is 346 g/mol. The van der Waals surface area contributed by atoms with Crippen LogP contribution in [0.2, 0.25) is 0 Å². The molecule has 0 saturated carbocycles. The lowest BCUT2D eigenvalue weighted by Crippen LogP contribution is -2.38. The molecule has 27 heavy (non-hydrogen) atoms. The number of guanidine groups is 1. The van der Waals surface area contributed by atoms with E-state index in [4.69, 9.17) is 18.9 Å². The monoisotopic (exact) mass is 381 g/mol. The van der Waals surface area contributed by atoms with Crippen LogP contribution in [0.1, 0.15) is 32.8 Å². The molecule has 0 amide bonds. The SMILES string of the molecule is CCNC(=NCc1c(OC)cc(OC)cc1OC)NCCCOCC(C)C. The van der Waals surface area contributed by atoms with Crippen molar-refractivity contribution < 1.29 is 18.9 Å². The van der Waals surface area contributed by atoms with Crippen LogP contribution in [0.25, 0.3) is 0 Å². The van der Waals surface area contributed by atoms with Gasteiger partial charge in [-0.2, -0.15) is 0 Å². The zero-order valence-corrected chi connectivity index (χ0v) is 17.6. The molecule has 0 spiro atoms. The summed E-state index contributed by atoms with van der Waals surface area (Å²) in [5.74, 6) is 3.37. The van der Waals surface area contributed by atoms with Gasteiger partial charge in [-0.15, -0.1) is 0 Å². The first-order chi connectivity index (χ1) is 13.0. The van der Waals surface area contributed by atoms with Crippen molar-refractivity contribution >= 4 is 5.96 Å². The Bertz CT molecular complexity index is 551. The van der Waals surface area contributed by atoms with E-state index in [0.717, 1.165) is 44.2 Å². The topological polar surface area (TPSA) is 73.3 Å². The van der Waals surface area contributed by atoms with Crippen molar-refractivity contribution in [2.75, 3.05) is 47.6 Å². The number of hydrogen-bond acceptors (Lipinski definition) is 5. The smallest absolute Gasteiger partial charge is 0.191 e. The second-order valence-corrected chi connectivity index (χ2v) is 6.45. The van der Waals surface area contributed by atoms with E-state index in [1.165, 1.54) is 0 Å². The first-order valence-electron chi connectivity index (χ1n) is 9.44. The summed E-state index contributed by atoms with van der Waals surface area (Å²) in [5.41, 5.74) is 0.873. The minimum Gasteiger partial charge on any atom is -0.496 e. The van der Waals surface area contributed by atoms with Crippen LogP contribution in [-0.2, 0) is 11.3 Å². The zero-order chi connectivity index (χ0) is 20.1. The Morgan fingerprint density at radius 1 is 1.04 bits per heavy atom. The molecule has 0 unspecified atom stereocenters. The lowest BCUT2D eigenvalue weighted by atomic mass is 10.1. The van der Waals surface area contributed by atoms with Gasteiger partial charge in [0.05, 0.1) is 33.4 Å². The van der Waals surface area contributed by atoms with Gasteiger partial charge in [0.2, 0.25) is 0 Å². The summed E-state index contributed by atoms with van der Waals surface area (Å²) in [5, 5.41) is 6.58. The van der Waals surface area contributed by atoms with E-state index in [1.54, 1.807) is 21.3 Å². The van der Waals surface area contributed by atoms with Crippen molar-refractivity contribution in [3.63, 3.8) is 0 Å². The fourth-order valence-electron chi connectivity index (χ4n) is 2.43. The maximum Gasteiger partial charge on any atom is 0.191 e. The fourth-order valence-corrected chi connectivity index (χ4v) is 2.43. The van der Waals surface area contributed by atoms with Crippen LogP contribution in [-0.4, -0.2) is 53.6 Å². The first kappa shape index (κ1) is 22.9. The highest BCUT2D eigenvalue weighted by Crippen LogP contribution is 2.34. The third-order valence-corrected chi connectivity index (χ3v) is 3.77. The quantitative estimate of drug-likeness (QED) is 0.329. The molecule has 0 saturated heterocycles. The second-order valence-electron chi connectivity index (χ2n) is 6.45. The van der Waals surface area contributed by atoms with E-state index in [-0.39, 0.29) is 0 Å². The van der Waals surface area contributed by atoms with Gasteiger partial charge in [0.25, 0.3) is 0 Å². The van der Waals surface area contributed by atoms with E-state index in [2.05, 4.69) is 29.5 Å². The minimum absolute atomic E-state index is 0.426. The maximum absolute atomic E-state index is 5.60. The molecule has 2 N–H and O–H groups in total. The molecule has 7 nitrogen and oxygen atoms in total. The summed E-state index contributed by atoms with van der Waals surface area (Å²) in [7, 11) is 4.87. The molecule has 0 atom stereocenters. The van der Waals surface area contributed by atoms with Crippen molar-refractivity contribution in [2.24, 2.45) is 10.9 Å². The summed E-state index contributed by atoms with van der Waals surface area (Å²) in [6.45, 7) is 9.88. The maximum atomic E-state index is 5.60. The van der Waals surface area contributed by atoms with E-state index in [9.17, 15) is 0 Å². The molecule has 0 heterocycles. The average molecular weight is 382 g/mol. The van der Waals surface area contributed by atoms with E-state index >= 15 is 0 Å². The number of aliphatic imine (C=N–C) groups is 1. The van der Waals surface area contributed by atoms with Gasteiger partial charge >= 0.3 is 0 Å². The number of ether oxygens (including phenoxy) is 4. The number of nitrogens with one attached hydrogen (secondary N) is 2. The fraction of sp³-hybridized carbons (Fsp3) is 0.650. The average Bonchev–Trinajstić information content (AvgIpc) is 2.67. The molecule has 0 bridgehead atoms. The molecule has 0 aliphatic carbocycles. The summed E-state index contributed by atoms with van der Waals surface area (Å²) in [6, 6.07) is 3.67. The summed E-state index contributed by atoms with van der Waals surface area (Å²) >= 11 is 0. The van der Waals surface area contributed by atoms with E-state index < -0.39 is 0 Å². The van der Waals surface area contributed by atoms with Gasteiger partial charge < -0.3 is 29.6 Å². The predicted octanol–water partition coefficient (Wildman–Crippen LogP) is 2.83. The van der Waals surface area contributed by atoms with Crippen LogP contribution >= 0.6 is 0 Å². The Kier molecular flexibility index (Phi) is 11.1. The van der Waals surface area contributed by atoms with Gasteiger partial charge in [0.1, 0.15) is 17.2 Å². The Hall–Kier alpha value is -2.15. The highest BCUT2D eigenvalue weighted by molar-refractivity contribution is 5.79. The van der Waals surface area contributed by atoms with Crippen LogP contribution in [0.4, 0.5) is 0 Å². The van der Waals surface area contributed by atoms with Crippen LogP contribution in [0.3, 0.4) is 0 Å². The number of rotatable bonds is 12. The standard InChI is InChI=1S/C20H35N3O4/c1-7-21-20(22-9-8-10-27-14-15(2)3)23-13-17-18(25-5)11-16(24-4)12-19(17)26-6/h11-12,15H,7-10,13-14H2,1-6H3,(H2,21,22,23). The molecule has 0 aliphatic heterocycles. The summed E-state index contributed by atoms with van der Waals surface area (Å²) < 4.78 is 21.9. The zero-order valence-electron chi connectivity index (χ0n) is 17.6. The van der Waals surface area contributed by atoms with Gasteiger partial charge in [0, 0.05) is 38.4 Å². The van der Waals surface area contributed by atoms with Crippen molar-refractivity contribution in [1.29, 1.82) is 0 Å². The van der Waals surface area contributed by atoms with Gasteiger partial charge in [-0.3, -0.25) is 0 Å². The van der Waals surface area contributed by atoms with Crippen LogP contribution in [0.15, 0.2) is 17.1 Å². The largest absolute Gasteiger partial charge is 0.496 e. The van der Waals surface area contributed by atoms with Gasteiger partial charge in [-0.05, 0) is 19.3 Å². The van der Waals surface area contributed by atoms with Crippen LogP contribution < -0.4 is 24.8 Å². The van der Waals surface area contributed by atoms with Crippen molar-refractivity contribution in [3.05, 3.63) is 17.7 Å². The summed E-state index contributed by atoms with van der Waals surface area (Å²) in [4.78, 5) is 4.66. The van der Waals surface area contributed by atoms with Crippen LogP contribution in [0, 0.1) is 5.92 Å². The van der Waals surface area contributed by atoms with Crippen LogP contribution in [0.5, 0.6) is 17.2 Å². The molecule has 0 aromatic heterocycles. The first-order valence-corrected chi connectivity index (χ1v) is 9.44. The molecule has 154 valence electrons. The van der Waals surface area contributed by atoms with Crippen molar-refractivity contribution in [2.45, 2.75) is 33.7 Å². The third-order valence-electron chi connectivity index (χ3n) is 3.77. The van der Waals surface area contributed by atoms with Crippen molar-refractivity contribution in [3.8, 4) is 17.2 Å². The highest BCUT2D eigenvalue weighted by atomic mass is 16.5. The Labute approximate surface area is 163 Å². The van der Waals surface area contributed by atoms with E-state index in [1.807, 2.05) is 19.1 Å². The van der Waals surface area contributed by atoms with Gasteiger partial charge in [-0.25, -0.2) is 4.99 Å². The van der Waals surface area contributed by atoms with Crippen molar-refractivity contribution in [1.82, 2.24) is 10.6 Å². The normalized spacial score (nSPS) is 11.4. The lowest BCUT2D eigenvalue weighted by Gasteiger charge is -2.15. The van der Waals surface area contributed by atoms with Gasteiger partial charge in [0.15, 0.2) is 5.96 Å². The minimum atomic E-state index is 0.426. The molecular formula is C20H35N3O4. The molecule has 1 rings (SSSR count). The summed E-state index contributed by atoms with van der Waals surface area (Å²) in [6.07, 6.45) is 0.923. The number of benzene rings is 1. The number of nitrogens with zero attached hydrogens (tertiary/aromatic N) is 1. The molecule has 7 heteroatoms. The highest BCUT2D eigenvalue weighted by Gasteiger charge is 2.13. The van der Waals surface area contributed by atoms with Gasteiger partial charge in [-0.1, -0.05) is 13.8 Å². The Balaban J connectivity index is 2.71. The molecule has 0 aliphatic rings. The number of hydrogen-bond donors (Lipinski definition) is 2. The Morgan fingerprint density at radius 2 is 1.70 bits per heavy atom. The second kappa shape index (κ2) is 13.1. The molecule has 0 radical (unpaired) electrons. The predicted molar refractivity (Wildman–Crippen MR) is 109 cm³/mol. The lowest BCUT2D eigenvalue weighted by molar-refractivity contribution is 0.108. The Morgan fingerprint density at radius 3 is 2.22 bits per heavy atom. The third kappa shape index (κ3) is 8.39. The number of methoxy groups -OCH3 is 3.